The average molecular weight is 500 g/mol. The first-order valence-electron chi connectivity index (χ1n) is 9.71. The Morgan fingerprint density at radius 1 is 0.879 bits per heavy atom. The van der Waals surface area contributed by atoms with Crippen molar-refractivity contribution in [1.29, 1.82) is 0 Å². The molecule has 3 N–H and O–H groups in total. The highest BCUT2D eigenvalue weighted by molar-refractivity contribution is 7.92. The maximum atomic E-state index is 12.6. The molecular formula is C23H18ClN3O4S2. The summed E-state index contributed by atoms with van der Waals surface area (Å²) in [6.07, 6.45) is 0. The van der Waals surface area contributed by atoms with Crippen molar-refractivity contribution in [3.05, 3.63) is 93.8 Å². The fourth-order valence-electron chi connectivity index (χ4n) is 3.15. The molecule has 33 heavy (non-hydrogen) atoms. The van der Waals surface area contributed by atoms with Crippen molar-refractivity contribution in [3.8, 4) is 0 Å². The normalized spacial score (nSPS) is 11.2. The fraction of sp³-hybridized carbons (Fsp3) is 0.0435. The molecule has 0 aliphatic carbocycles. The van der Waals surface area contributed by atoms with Gasteiger partial charge in [0.1, 0.15) is 5.58 Å². The Morgan fingerprint density at radius 2 is 1.48 bits per heavy atom. The topological polar surface area (TPSA) is 100 Å². The number of rotatable bonds is 5. The Labute approximate surface area is 200 Å². The predicted octanol–water partition coefficient (Wildman–Crippen LogP) is 5.36. The number of hydrogen-bond acceptors (Lipinski definition) is 5. The molecule has 0 saturated carbocycles. The molecule has 0 fully saturated rings. The van der Waals surface area contributed by atoms with Crippen LogP contribution in [0.5, 0.6) is 0 Å². The number of aryl methyl sites for hydroxylation is 1. The van der Waals surface area contributed by atoms with E-state index in [-0.39, 0.29) is 4.90 Å². The molecule has 0 aliphatic heterocycles. The van der Waals surface area contributed by atoms with Gasteiger partial charge >= 0.3 is 5.63 Å². The Balaban J connectivity index is 1.43. The number of sulfonamides is 1. The van der Waals surface area contributed by atoms with Crippen LogP contribution in [-0.2, 0) is 10.0 Å². The average Bonchev–Trinajstić information content (AvgIpc) is 2.75. The number of fused-ring (bicyclic) bond motifs is 1. The molecule has 0 aliphatic rings. The highest BCUT2D eigenvalue weighted by atomic mass is 35.5. The summed E-state index contributed by atoms with van der Waals surface area (Å²) in [5.41, 5.74) is 2.51. The van der Waals surface area contributed by atoms with Crippen molar-refractivity contribution < 1.29 is 12.8 Å². The number of anilines is 3. The molecule has 1 aromatic heterocycles. The summed E-state index contributed by atoms with van der Waals surface area (Å²) >= 11 is 11.2. The molecule has 0 atom stereocenters. The van der Waals surface area contributed by atoms with Gasteiger partial charge < -0.3 is 15.1 Å². The van der Waals surface area contributed by atoms with Crippen molar-refractivity contribution in [2.45, 2.75) is 11.8 Å². The van der Waals surface area contributed by atoms with Gasteiger partial charge in [-0.15, -0.1) is 0 Å². The van der Waals surface area contributed by atoms with Crippen LogP contribution in [0.2, 0.25) is 5.02 Å². The van der Waals surface area contributed by atoms with Crippen molar-refractivity contribution in [2.75, 3.05) is 15.4 Å². The first-order valence-corrected chi connectivity index (χ1v) is 12.0. The van der Waals surface area contributed by atoms with Gasteiger partial charge in [-0.2, -0.15) is 0 Å². The van der Waals surface area contributed by atoms with E-state index in [0.29, 0.717) is 32.8 Å². The monoisotopic (exact) mass is 499 g/mol. The maximum absolute atomic E-state index is 12.6. The zero-order valence-electron chi connectivity index (χ0n) is 17.3. The SMILES string of the molecule is Cc1cc(=O)oc2cc(NC(=S)Nc3ccc(S(=O)(=O)Nc4ccc(Cl)cc4)cc3)ccc12. The minimum atomic E-state index is -3.75. The quantitative estimate of drug-likeness (QED) is 0.251. The van der Waals surface area contributed by atoms with Gasteiger partial charge in [-0.25, -0.2) is 13.2 Å². The van der Waals surface area contributed by atoms with E-state index < -0.39 is 15.6 Å². The Morgan fingerprint density at radius 3 is 2.18 bits per heavy atom. The minimum Gasteiger partial charge on any atom is -0.423 e. The second-order valence-corrected chi connectivity index (χ2v) is 9.70. The Bertz CT molecular complexity index is 1500. The van der Waals surface area contributed by atoms with E-state index in [1.807, 2.05) is 19.1 Å². The second-order valence-electron chi connectivity index (χ2n) is 7.18. The van der Waals surface area contributed by atoms with E-state index in [9.17, 15) is 13.2 Å². The molecule has 4 aromatic rings. The lowest BCUT2D eigenvalue weighted by Gasteiger charge is -2.12. The third-order valence-corrected chi connectivity index (χ3v) is 6.58. The highest BCUT2D eigenvalue weighted by Crippen LogP contribution is 2.22. The zero-order valence-corrected chi connectivity index (χ0v) is 19.6. The second kappa shape index (κ2) is 9.22. The van der Waals surface area contributed by atoms with Gasteiger partial charge in [0.2, 0.25) is 0 Å². The highest BCUT2D eigenvalue weighted by Gasteiger charge is 2.14. The van der Waals surface area contributed by atoms with Crippen LogP contribution in [-0.4, -0.2) is 13.5 Å². The summed E-state index contributed by atoms with van der Waals surface area (Å²) in [4.78, 5) is 11.7. The standard InChI is InChI=1S/C23H18ClN3O4S2/c1-14-12-22(28)31-21-13-18(8-11-20(14)21)26-23(32)25-16-6-9-19(10-7-16)33(29,30)27-17-4-2-15(24)3-5-17/h2-13,27H,1H3,(H2,25,26,32). The summed E-state index contributed by atoms with van der Waals surface area (Å²) in [5, 5.41) is 7.66. The van der Waals surface area contributed by atoms with Crippen molar-refractivity contribution >= 4 is 67.0 Å². The lowest BCUT2D eigenvalue weighted by molar-refractivity contribution is 0.560. The van der Waals surface area contributed by atoms with E-state index in [4.69, 9.17) is 28.2 Å². The Hall–Kier alpha value is -3.40. The molecule has 0 spiro atoms. The van der Waals surface area contributed by atoms with E-state index >= 15 is 0 Å². The molecule has 0 amide bonds. The molecule has 0 unspecified atom stereocenters. The number of hydrogen-bond donors (Lipinski definition) is 3. The van der Waals surface area contributed by atoms with E-state index in [1.54, 1.807) is 42.5 Å². The first kappa shape index (κ1) is 22.8. The number of halogens is 1. The molecule has 10 heteroatoms. The van der Waals surface area contributed by atoms with Gasteiger partial charge in [0.25, 0.3) is 10.0 Å². The van der Waals surface area contributed by atoms with Gasteiger partial charge in [-0.3, -0.25) is 4.72 Å². The van der Waals surface area contributed by atoms with Crippen LogP contribution in [0.3, 0.4) is 0 Å². The van der Waals surface area contributed by atoms with Crippen LogP contribution in [0.1, 0.15) is 5.56 Å². The molecule has 1 heterocycles. The predicted molar refractivity (Wildman–Crippen MR) is 136 cm³/mol. The third-order valence-electron chi connectivity index (χ3n) is 4.73. The number of nitrogens with one attached hydrogen (secondary N) is 3. The lowest BCUT2D eigenvalue weighted by Crippen LogP contribution is -2.19. The fourth-order valence-corrected chi connectivity index (χ4v) is 4.57. The van der Waals surface area contributed by atoms with Crippen LogP contribution >= 0.6 is 23.8 Å². The molecule has 168 valence electrons. The summed E-state index contributed by atoms with van der Waals surface area (Å²) in [6.45, 7) is 1.84. The number of benzene rings is 3. The lowest BCUT2D eigenvalue weighted by atomic mass is 10.1. The van der Waals surface area contributed by atoms with Gasteiger partial charge in [-0.1, -0.05) is 11.6 Å². The zero-order chi connectivity index (χ0) is 23.6. The van der Waals surface area contributed by atoms with E-state index in [1.165, 1.54) is 18.2 Å². The molecule has 4 rings (SSSR count). The molecular weight excluding hydrogens is 482 g/mol. The van der Waals surface area contributed by atoms with Gasteiger partial charge in [0.15, 0.2) is 5.11 Å². The van der Waals surface area contributed by atoms with Crippen LogP contribution in [0.15, 0.2) is 86.9 Å². The number of thiocarbonyl (C=S) groups is 1. The van der Waals surface area contributed by atoms with Gasteiger partial charge in [-0.05, 0) is 85.4 Å². The van der Waals surface area contributed by atoms with E-state index in [0.717, 1.165) is 10.9 Å². The summed E-state index contributed by atoms with van der Waals surface area (Å²) in [7, 11) is -3.75. The van der Waals surface area contributed by atoms with Crippen molar-refractivity contribution in [1.82, 2.24) is 0 Å². The van der Waals surface area contributed by atoms with Crippen molar-refractivity contribution in [3.63, 3.8) is 0 Å². The smallest absolute Gasteiger partial charge is 0.336 e. The summed E-state index contributed by atoms with van der Waals surface area (Å²) in [5.74, 6) is 0. The Kier molecular flexibility index (Phi) is 6.37. The maximum Gasteiger partial charge on any atom is 0.336 e. The van der Waals surface area contributed by atoms with Gasteiger partial charge in [0.05, 0.1) is 4.90 Å². The van der Waals surface area contributed by atoms with Gasteiger partial charge in [0, 0.05) is 39.6 Å². The van der Waals surface area contributed by atoms with Crippen LogP contribution in [0.4, 0.5) is 17.1 Å². The third kappa shape index (κ3) is 5.51. The minimum absolute atomic E-state index is 0.0989. The molecule has 3 aromatic carbocycles. The van der Waals surface area contributed by atoms with Crippen LogP contribution in [0.25, 0.3) is 11.0 Å². The van der Waals surface area contributed by atoms with Crippen LogP contribution in [0, 0.1) is 6.92 Å². The largest absolute Gasteiger partial charge is 0.423 e. The summed E-state index contributed by atoms with van der Waals surface area (Å²) in [6, 6.07) is 19.3. The molecule has 0 radical (unpaired) electrons. The summed E-state index contributed by atoms with van der Waals surface area (Å²) < 4.78 is 32.9. The molecule has 0 bridgehead atoms. The molecule has 7 nitrogen and oxygen atoms in total. The van der Waals surface area contributed by atoms with E-state index in [2.05, 4.69) is 15.4 Å². The van der Waals surface area contributed by atoms with Crippen molar-refractivity contribution in [2.24, 2.45) is 0 Å². The van der Waals surface area contributed by atoms with Crippen LogP contribution < -0.4 is 21.0 Å². The first-order chi connectivity index (χ1) is 15.7. The molecule has 0 saturated heterocycles.